The van der Waals surface area contributed by atoms with Crippen LogP contribution < -0.4 is 5.32 Å². The highest BCUT2D eigenvalue weighted by Crippen LogP contribution is 2.21. The van der Waals surface area contributed by atoms with Crippen molar-refractivity contribution in [3.8, 4) is 0 Å². The lowest BCUT2D eigenvalue weighted by Gasteiger charge is -2.21. The molecule has 2 rings (SSSR count). The topological polar surface area (TPSA) is 57.6 Å². The summed E-state index contributed by atoms with van der Waals surface area (Å²) in [4.78, 5) is 27.5. The molecule has 0 fully saturated rings. The van der Waals surface area contributed by atoms with Crippen molar-refractivity contribution in [3.63, 3.8) is 0 Å². The molecule has 3 amide bonds. The summed E-state index contributed by atoms with van der Waals surface area (Å²) in [7, 11) is 3.48. The lowest BCUT2D eigenvalue weighted by molar-refractivity contribution is -0.129. The number of benzene rings is 1. The number of anilines is 1. The second-order valence-electron chi connectivity index (χ2n) is 6.41. The van der Waals surface area contributed by atoms with Crippen LogP contribution in [0.4, 0.5) is 10.5 Å². The maximum absolute atomic E-state index is 12.4. The smallest absolute Gasteiger partial charge is 0.322 e. The Morgan fingerprint density at radius 3 is 2.56 bits per heavy atom. The second-order valence-corrected chi connectivity index (χ2v) is 6.41. The third-order valence-electron chi connectivity index (χ3n) is 3.96. The fourth-order valence-electron chi connectivity index (χ4n) is 2.56. The summed E-state index contributed by atoms with van der Waals surface area (Å²) in [6.07, 6.45) is 1.89. The first-order chi connectivity index (χ1) is 11.8. The number of nitrogens with zero attached hydrogens (tertiary/aromatic N) is 3. The first kappa shape index (κ1) is 18.6. The van der Waals surface area contributed by atoms with Crippen LogP contribution in [-0.2, 0) is 11.3 Å². The minimum Gasteiger partial charge on any atom is -0.347 e. The molecule has 134 valence electrons. The van der Waals surface area contributed by atoms with E-state index >= 15 is 0 Å². The summed E-state index contributed by atoms with van der Waals surface area (Å²) in [6.45, 7) is 9.14. The first-order valence-electron chi connectivity index (χ1n) is 8.31. The normalized spacial score (nSPS) is 10.6. The maximum Gasteiger partial charge on any atom is 0.322 e. The highest BCUT2D eigenvalue weighted by molar-refractivity contribution is 5.93. The third kappa shape index (κ3) is 4.62. The van der Waals surface area contributed by atoms with Gasteiger partial charge < -0.3 is 19.7 Å². The number of urea groups is 1. The summed E-state index contributed by atoms with van der Waals surface area (Å²) < 4.78 is 1.91. The number of rotatable bonds is 6. The van der Waals surface area contributed by atoms with Gasteiger partial charge in [-0.25, -0.2) is 4.79 Å². The Hall–Kier alpha value is -2.76. The molecule has 25 heavy (non-hydrogen) atoms. The average molecular weight is 342 g/mol. The van der Waals surface area contributed by atoms with Crippen molar-refractivity contribution >= 4 is 28.5 Å². The Morgan fingerprint density at radius 2 is 1.96 bits per heavy atom. The summed E-state index contributed by atoms with van der Waals surface area (Å²) in [6, 6.07) is 7.49. The van der Waals surface area contributed by atoms with Crippen molar-refractivity contribution in [1.29, 1.82) is 0 Å². The molecule has 0 saturated heterocycles. The summed E-state index contributed by atoms with van der Waals surface area (Å²) in [5.74, 6) is 0.0354. The van der Waals surface area contributed by atoms with E-state index in [1.807, 2.05) is 48.9 Å². The summed E-state index contributed by atoms with van der Waals surface area (Å²) in [5.41, 5.74) is 2.63. The molecular formula is C19H26N4O2. The maximum atomic E-state index is 12.4. The van der Waals surface area contributed by atoms with Crippen LogP contribution in [0.1, 0.15) is 13.8 Å². The van der Waals surface area contributed by atoms with Gasteiger partial charge in [0.25, 0.3) is 0 Å². The van der Waals surface area contributed by atoms with Crippen molar-refractivity contribution < 1.29 is 9.59 Å². The van der Waals surface area contributed by atoms with E-state index in [1.54, 1.807) is 23.9 Å². The third-order valence-corrected chi connectivity index (χ3v) is 3.96. The van der Waals surface area contributed by atoms with Gasteiger partial charge in [-0.15, -0.1) is 0 Å². The molecule has 0 radical (unpaired) electrons. The minimum absolute atomic E-state index is 0.0354. The number of carbonyl (C=O) groups is 2. The van der Waals surface area contributed by atoms with E-state index in [1.165, 1.54) is 0 Å². The Balaban J connectivity index is 2.15. The Kier molecular flexibility index (Phi) is 5.85. The fourth-order valence-corrected chi connectivity index (χ4v) is 2.56. The van der Waals surface area contributed by atoms with Gasteiger partial charge in [0.05, 0.1) is 0 Å². The lowest BCUT2D eigenvalue weighted by atomic mass is 10.2. The number of fused-ring (bicyclic) bond motifs is 1. The minimum atomic E-state index is -0.146. The molecule has 1 aromatic heterocycles. The monoisotopic (exact) mass is 342 g/mol. The van der Waals surface area contributed by atoms with E-state index in [4.69, 9.17) is 0 Å². The predicted molar refractivity (Wildman–Crippen MR) is 102 cm³/mol. The summed E-state index contributed by atoms with van der Waals surface area (Å²) in [5, 5.41) is 3.90. The highest BCUT2D eigenvalue weighted by Gasteiger charge is 2.13. The van der Waals surface area contributed by atoms with Gasteiger partial charge >= 0.3 is 6.03 Å². The van der Waals surface area contributed by atoms with Gasteiger partial charge in [-0.05, 0) is 38.1 Å². The molecule has 0 aliphatic carbocycles. The lowest BCUT2D eigenvalue weighted by Crippen LogP contribution is -2.35. The Bertz CT molecular complexity index is 792. The molecule has 6 nitrogen and oxygen atoms in total. The zero-order chi connectivity index (χ0) is 18.6. The van der Waals surface area contributed by atoms with Crippen molar-refractivity contribution in [2.24, 2.45) is 0 Å². The molecule has 0 saturated carbocycles. The van der Waals surface area contributed by atoms with Crippen molar-refractivity contribution in [1.82, 2.24) is 14.4 Å². The zero-order valence-electron chi connectivity index (χ0n) is 15.4. The number of aromatic nitrogens is 1. The summed E-state index contributed by atoms with van der Waals surface area (Å²) >= 11 is 0. The van der Waals surface area contributed by atoms with E-state index < -0.39 is 0 Å². The van der Waals surface area contributed by atoms with E-state index in [0.717, 1.165) is 22.2 Å². The van der Waals surface area contributed by atoms with Crippen LogP contribution in [0.15, 0.2) is 42.6 Å². The molecule has 0 aliphatic rings. The van der Waals surface area contributed by atoms with Gasteiger partial charge in [-0.1, -0.05) is 12.2 Å². The molecule has 0 atom stereocenters. The molecule has 0 bridgehead atoms. The number of hydrogen-bond acceptors (Lipinski definition) is 2. The van der Waals surface area contributed by atoms with E-state index in [-0.39, 0.29) is 11.9 Å². The van der Waals surface area contributed by atoms with Crippen LogP contribution in [0.3, 0.4) is 0 Å². The van der Waals surface area contributed by atoms with E-state index in [0.29, 0.717) is 19.6 Å². The van der Waals surface area contributed by atoms with Crippen LogP contribution in [0.5, 0.6) is 0 Å². The number of nitrogens with one attached hydrogen (secondary N) is 1. The predicted octanol–water partition coefficient (Wildman–Crippen LogP) is 3.16. The van der Waals surface area contributed by atoms with Crippen molar-refractivity contribution in [2.45, 2.75) is 20.4 Å². The molecule has 0 spiro atoms. The van der Waals surface area contributed by atoms with Crippen LogP contribution >= 0.6 is 0 Å². The number of amides is 3. The van der Waals surface area contributed by atoms with Gasteiger partial charge in [0.1, 0.15) is 6.54 Å². The second kappa shape index (κ2) is 7.88. The van der Waals surface area contributed by atoms with Crippen LogP contribution in [0.2, 0.25) is 0 Å². The van der Waals surface area contributed by atoms with E-state index in [2.05, 4.69) is 11.9 Å². The SMILES string of the molecule is C=C(C)CN(CC)C(=O)Nc1ccc2c(ccn2CC(=O)N(C)C)c1. The van der Waals surface area contributed by atoms with Crippen molar-refractivity contribution in [3.05, 3.63) is 42.6 Å². The molecule has 0 aliphatic heterocycles. The van der Waals surface area contributed by atoms with E-state index in [9.17, 15) is 9.59 Å². The number of likely N-dealkylation sites (N-methyl/N-ethyl adjacent to an activating group) is 2. The Morgan fingerprint density at radius 1 is 1.24 bits per heavy atom. The first-order valence-corrected chi connectivity index (χ1v) is 8.31. The van der Waals surface area contributed by atoms with Crippen LogP contribution in [0.25, 0.3) is 10.9 Å². The Labute approximate surface area is 148 Å². The molecular weight excluding hydrogens is 316 g/mol. The van der Waals surface area contributed by atoms with Crippen LogP contribution in [0, 0.1) is 0 Å². The van der Waals surface area contributed by atoms with Gasteiger partial charge in [-0.3, -0.25) is 4.79 Å². The molecule has 2 aromatic rings. The fraction of sp³-hybridized carbons (Fsp3) is 0.368. The zero-order valence-corrected chi connectivity index (χ0v) is 15.4. The highest BCUT2D eigenvalue weighted by atomic mass is 16.2. The van der Waals surface area contributed by atoms with Crippen LogP contribution in [-0.4, -0.2) is 53.5 Å². The molecule has 6 heteroatoms. The molecule has 1 N–H and O–H groups in total. The van der Waals surface area contributed by atoms with Gasteiger partial charge in [0.15, 0.2) is 0 Å². The average Bonchev–Trinajstić information content (AvgIpc) is 2.94. The molecule has 1 heterocycles. The molecule has 0 unspecified atom stereocenters. The standard InChI is InChI=1S/C19H26N4O2/c1-6-22(12-14(2)3)19(25)20-16-7-8-17-15(11-16)9-10-23(17)13-18(24)21(4)5/h7-11H,2,6,12-13H2,1,3-5H3,(H,20,25). The largest absolute Gasteiger partial charge is 0.347 e. The molecule has 1 aromatic carbocycles. The number of hydrogen-bond donors (Lipinski definition) is 1. The quantitative estimate of drug-likeness (QED) is 0.820. The van der Waals surface area contributed by atoms with Gasteiger partial charge in [-0.2, -0.15) is 0 Å². The number of carbonyl (C=O) groups excluding carboxylic acids is 2. The van der Waals surface area contributed by atoms with Gasteiger partial charge in [0.2, 0.25) is 5.91 Å². The van der Waals surface area contributed by atoms with Gasteiger partial charge in [0, 0.05) is 50.0 Å². The van der Waals surface area contributed by atoms with Crippen molar-refractivity contribution in [2.75, 3.05) is 32.5 Å².